The molecule has 78 heavy (non-hydrogen) atoms. The number of aliphatic hydroxyl groups excluding tert-OH is 2. The molecule has 0 aromatic heterocycles. The van der Waals surface area contributed by atoms with Crippen molar-refractivity contribution in [2.24, 2.45) is 34.6 Å². The Hall–Kier alpha value is -5.83. The first-order valence-corrected chi connectivity index (χ1v) is 27.8. The summed E-state index contributed by atoms with van der Waals surface area (Å²) in [5.74, 6) is -7.03. The lowest BCUT2D eigenvalue weighted by atomic mass is 9.99. The lowest BCUT2D eigenvalue weighted by molar-refractivity contribution is -0.136. The molecule has 1 aliphatic heterocycles. The van der Waals surface area contributed by atoms with Gasteiger partial charge in [-0.25, -0.2) is 0 Å². The molecule has 25 nitrogen and oxygen atoms in total. The van der Waals surface area contributed by atoms with Crippen molar-refractivity contribution in [1.29, 1.82) is 0 Å². The second-order valence-electron chi connectivity index (χ2n) is 20.7. The van der Waals surface area contributed by atoms with Gasteiger partial charge in [-0.05, 0) is 154 Å². The van der Waals surface area contributed by atoms with E-state index in [0.717, 1.165) is 0 Å². The highest BCUT2D eigenvalue weighted by atomic mass is 16.3. The normalized spacial score (nSPS) is 23.5. The van der Waals surface area contributed by atoms with Crippen molar-refractivity contribution in [1.82, 2.24) is 47.9 Å². The Morgan fingerprint density at radius 2 is 1.04 bits per heavy atom. The van der Waals surface area contributed by atoms with Gasteiger partial charge in [0.15, 0.2) is 0 Å². The lowest BCUT2D eigenvalue weighted by Gasteiger charge is -2.29. The summed E-state index contributed by atoms with van der Waals surface area (Å²) in [5, 5.41) is 45.3. The number of aliphatic hydroxyl groups is 2. The van der Waals surface area contributed by atoms with Gasteiger partial charge in [-0.15, -0.1) is 0 Å². The Morgan fingerprint density at radius 3 is 1.54 bits per heavy atom. The van der Waals surface area contributed by atoms with Gasteiger partial charge >= 0.3 is 0 Å². The Labute approximate surface area is 459 Å². The topological polar surface area (TPSA) is 432 Å². The van der Waals surface area contributed by atoms with E-state index in [0.29, 0.717) is 76.6 Å². The third-order valence-electron chi connectivity index (χ3n) is 13.3. The van der Waals surface area contributed by atoms with Crippen LogP contribution in [0.3, 0.4) is 0 Å². The van der Waals surface area contributed by atoms with Crippen LogP contribution in [0.25, 0.3) is 0 Å². The number of carbonyl (C=O) groups excluding carboxylic acids is 9. The number of amides is 9. The molecule has 1 aliphatic rings. The maximum Gasteiger partial charge on any atom is 0.245 e. The van der Waals surface area contributed by atoms with Crippen LogP contribution >= 0.6 is 0 Å². The maximum absolute atomic E-state index is 14.6. The minimum absolute atomic E-state index is 0.0250. The Morgan fingerprint density at radius 1 is 0.577 bits per heavy atom. The predicted molar refractivity (Wildman–Crippen MR) is 295 cm³/mol. The first-order valence-electron chi connectivity index (χ1n) is 27.8. The van der Waals surface area contributed by atoms with Gasteiger partial charge in [0.2, 0.25) is 53.2 Å². The van der Waals surface area contributed by atoms with Crippen LogP contribution in [0.1, 0.15) is 136 Å². The molecule has 9 amide bonds. The van der Waals surface area contributed by atoms with Crippen LogP contribution in [0.15, 0.2) is 30.3 Å². The smallest absolute Gasteiger partial charge is 0.245 e. The number of carbonyl (C=O) groups is 9. The Balaban J connectivity index is 2.80. The minimum atomic E-state index is -1.49. The van der Waals surface area contributed by atoms with Gasteiger partial charge in [-0.2, -0.15) is 0 Å². The summed E-state index contributed by atoms with van der Waals surface area (Å²) in [4.78, 5) is 127. The van der Waals surface area contributed by atoms with E-state index < -0.39 is 120 Å². The lowest BCUT2D eigenvalue weighted by Crippen LogP contribution is -2.61. The van der Waals surface area contributed by atoms with Gasteiger partial charge in [-0.3, -0.25) is 43.2 Å². The molecule has 5 unspecified atom stereocenters. The van der Waals surface area contributed by atoms with E-state index in [1.165, 1.54) is 13.8 Å². The summed E-state index contributed by atoms with van der Waals surface area (Å²) in [6, 6.07) is -2.92. The van der Waals surface area contributed by atoms with Crippen LogP contribution in [0, 0.1) is 5.92 Å². The van der Waals surface area contributed by atoms with Crippen molar-refractivity contribution in [3.05, 3.63) is 35.9 Å². The standard InChI is InChI=1S/C53H94N14O11/c1-32(2)30-41-50(75)63-36(20-8-13-25-54)45(70)62-40(23-11-16-28-57)49(74)67-44(34(4)69)53(78)59-29-17-12-24-38(61-47(72)39(22-10-15-27-56)64-52(77)43(58)33(3)68)46(71)60-37(21-9-14-26-55)48(73)66-42(51(76)65-41)31-35-18-6-5-7-19-35/h5-7,18-19,32-34,36-44,68-69H,8-17,20-31,54-58H2,1-4H3,(H,59,78)(H,60,71)(H,61,72)(H,62,70)(H,63,75)(H,64,77)(H,65,76)(H,66,73)(H,67,74)/t33-,34-,36?,37+,38?,39+,40+,41?,42?,43+,44?/m1/s1. The minimum Gasteiger partial charge on any atom is -0.391 e. The fourth-order valence-electron chi connectivity index (χ4n) is 8.65. The molecule has 0 saturated carbocycles. The second kappa shape index (κ2) is 37.9. The van der Waals surface area contributed by atoms with Crippen LogP contribution < -0.4 is 76.5 Å². The summed E-state index contributed by atoms with van der Waals surface area (Å²) in [6.07, 6.45) is 1.54. The number of hydrogen-bond acceptors (Lipinski definition) is 16. The summed E-state index contributed by atoms with van der Waals surface area (Å²) >= 11 is 0. The molecule has 0 aliphatic carbocycles. The first kappa shape index (κ1) is 68.3. The Kier molecular flexibility index (Phi) is 33.2. The summed E-state index contributed by atoms with van der Waals surface area (Å²) in [5.41, 5.74) is 29.7. The van der Waals surface area contributed by atoms with Gasteiger partial charge < -0.3 is 86.7 Å². The fourth-order valence-corrected chi connectivity index (χ4v) is 8.65. The van der Waals surface area contributed by atoms with E-state index in [1.54, 1.807) is 30.3 Å². The molecule has 2 rings (SSSR count). The largest absolute Gasteiger partial charge is 0.391 e. The van der Waals surface area contributed by atoms with Crippen molar-refractivity contribution in [2.45, 2.75) is 203 Å². The van der Waals surface area contributed by atoms with Crippen molar-refractivity contribution >= 4 is 53.2 Å². The number of benzene rings is 1. The zero-order valence-corrected chi connectivity index (χ0v) is 46.3. The second-order valence-corrected chi connectivity index (χ2v) is 20.7. The zero-order chi connectivity index (χ0) is 58.2. The first-order chi connectivity index (χ1) is 37.2. The van der Waals surface area contributed by atoms with Crippen molar-refractivity contribution in [3.8, 4) is 0 Å². The van der Waals surface area contributed by atoms with Crippen LogP contribution in [0.4, 0.5) is 0 Å². The molecule has 21 N–H and O–H groups in total. The van der Waals surface area contributed by atoms with Gasteiger partial charge in [0.05, 0.1) is 12.2 Å². The van der Waals surface area contributed by atoms with Crippen LogP contribution in [0.5, 0.6) is 0 Å². The van der Waals surface area contributed by atoms with Gasteiger partial charge in [0.1, 0.15) is 54.4 Å². The average molecular weight is 1100 g/mol. The molecule has 0 radical (unpaired) electrons. The molecule has 1 heterocycles. The van der Waals surface area contributed by atoms with E-state index >= 15 is 0 Å². The van der Waals surface area contributed by atoms with E-state index in [1.807, 2.05) is 13.8 Å². The highest BCUT2D eigenvalue weighted by molar-refractivity contribution is 5.98. The van der Waals surface area contributed by atoms with E-state index in [4.69, 9.17) is 28.7 Å². The average Bonchev–Trinajstić information content (AvgIpc) is 3.39. The van der Waals surface area contributed by atoms with Crippen molar-refractivity contribution in [2.75, 3.05) is 32.7 Å². The van der Waals surface area contributed by atoms with Gasteiger partial charge in [0, 0.05) is 13.0 Å². The third-order valence-corrected chi connectivity index (χ3v) is 13.3. The zero-order valence-electron chi connectivity index (χ0n) is 46.3. The van der Waals surface area contributed by atoms with Crippen LogP contribution in [0.2, 0.25) is 0 Å². The number of nitrogens with two attached hydrogens (primary N) is 5. The van der Waals surface area contributed by atoms with Gasteiger partial charge in [-0.1, -0.05) is 44.2 Å². The van der Waals surface area contributed by atoms with E-state index in [9.17, 15) is 53.4 Å². The van der Waals surface area contributed by atoms with E-state index in [-0.39, 0.29) is 76.8 Å². The number of nitrogens with one attached hydrogen (secondary N) is 9. The molecule has 11 atom stereocenters. The van der Waals surface area contributed by atoms with Crippen LogP contribution in [-0.2, 0) is 49.6 Å². The maximum atomic E-state index is 14.6. The highest BCUT2D eigenvalue weighted by Crippen LogP contribution is 2.14. The van der Waals surface area contributed by atoms with E-state index in [2.05, 4.69) is 47.9 Å². The molecule has 442 valence electrons. The summed E-state index contributed by atoms with van der Waals surface area (Å²) in [7, 11) is 0. The monoisotopic (exact) mass is 1100 g/mol. The predicted octanol–water partition coefficient (Wildman–Crippen LogP) is -2.94. The number of unbranched alkanes of at least 4 members (excludes halogenated alkanes) is 4. The number of hydrogen-bond donors (Lipinski definition) is 16. The SMILES string of the molecule is CC(C)CC1NC(=O)C(Cc2ccccc2)NC(=O)[C@H](CCCCN)NC(=O)C(NC(=O)[C@H](CCCCN)NC(=O)[C@@H](N)[C@@H](C)O)CCCCNC(=O)C([C@@H](C)O)NC(=O)[C@H](CCCCN)NC(=O)C(CCCCN)NC1=O. The molecule has 1 saturated heterocycles. The van der Waals surface area contributed by atoms with Crippen molar-refractivity contribution < 1.29 is 53.4 Å². The summed E-state index contributed by atoms with van der Waals surface area (Å²) < 4.78 is 0. The molecule has 0 spiro atoms. The Bertz CT molecular complexity index is 2020. The molecule has 1 aromatic rings. The molecule has 0 bridgehead atoms. The fraction of sp³-hybridized carbons (Fsp3) is 0.717. The molecular weight excluding hydrogens is 1010 g/mol. The quantitative estimate of drug-likeness (QED) is 0.0413. The third kappa shape index (κ3) is 25.8. The van der Waals surface area contributed by atoms with Crippen molar-refractivity contribution in [3.63, 3.8) is 0 Å². The molecular formula is C53H94N14O11. The molecule has 25 heteroatoms. The molecule has 1 fully saturated rings. The van der Waals surface area contributed by atoms with Gasteiger partial charge in [0.25, 0.3) is 0 Å². The summed E-state index contributed by atoms with van der Waals surface area (Å²) in [6.45, 7) is 7.42. The molecule has 1 aromatic carbocycles. The number of rotatable bonds is 26. The highest BCUT2D eigenvalue weighted by Gasteiger charge is 2.36. The van der Waals surface area contributed by atoms with Crippen LogP contribution in [-0.4, -0.2) is 163 Å².